The SMILES string of the molecule is Cc1cn2cc(C(=O)Nc3ccc(N4CCN[C@@H](C)C4)nn3)nc(C)c2n1.Cl. The molecular formula is C18H23ClN8O. The lowest BCUT2D eigenvalue weighted by atomic mass is 10.2. The van der Waals surface area contributed by atoms with E-state index in [1.807, 2.05) is 30.5 Å². The summed E-state index contributed by atoms with van der Waals surface area (Å²) in [5.41, 5.74) is 2.63. The van der Waals surface area contributed by atoms with Gasteiger partial charge in [-0.2, -0.15) is 0 Å². The standard InChI is InChI=1S/C18H22N8O.ClH/c1-11-8-25(7-6-19-11)16-5-4-15(23-24-16)22-18(27)14-10-26-9-12(2)20-17(26)13(3)21-14;/h4-5,9-11,19H,6-8H2,1-3H3,(H,22,23,27);1H/t11-;/m0./s1. The number of hydrogen-bond donors (Lipinski definition) is 2. The third-order valence-electron chi connectivity index (χ3n) is 4.54. The molecule has 2 N–H and O–H groups in total. The zero-order chi connectivity index (χ0) is 19.0. The van der Waals surface area contributed by atoms with Crippen molar-refractivity contribution < 1.29 is 4.79 Å². The van der Waals surface area contributed by atoms with Gasteiger partial charge in [-0.05, 0) is 32.9 Å². The van der Waals surface area contributed by atoms with Crippen LogP contribution in [0.4, 0.5) is 11.6 Å². The summed E-state index contributed by atoms with van der Waals surface area (Å²) in [7, 11) is 0. The van der Waals surface area contributed by atoms with Crippen LogP contribution in [0.25, 0.3) is 5.65 Å². The monoisotopic (exact) mass is 402 g/mol. The molecule has 4 heterocycles. The Bertz CT molecular complexity index is 987. The lowest BCUT2D eigenvalue weighted by Crippen LogP contribution is -2.49. The molecule has 1 atom stereocenters. The molecule has 4 rings (SSSR count). The van der Waals surface area contributed by atoms with E-state index in [0.29, 0.717) is 23.2 Å². The number of rotatable bonds is 3. The van der Waals surface area contributed by atoms with E-state index in [0.717, 1.165) is 36.8 Å². The van der Waals surface area contributed by atoms with Crippen LogP contribution in [0, 0.1) is 13.8 Å². The van der Waals surface area contributed by atoms with Crippen LogP contribution in [0.2, 0.25) is 0 Å². The average Bonchev–Trinajstić information content (AvgIpc) is 3.03. The predicted molar refractivity (Wildman–Crippen MR) is 109 cm³/mol. The molecule has 0 aromatic carbocycles. The Kier molecular flexibility index (Phi) is 5.76. The molecule has 0 bridgehead atoms. The summed E-state index contributed by atoms with van der Waals surface area (Å²) in [6.07, 6.45) is 3.53. The van der Waals surface area contributed by atoms with Crippen LogP contribution in [-0.2, 0) is 0 Å². The van der Waals surface area contributed by atoms with Crippen molar-refractivity contribution in [2.75, 3.05) is 29.9 Å². The van der Waals surface area contributed by atoms with Crippen LogP contribution in [0.1, 0.15) is 28.8 Å². The molecular weight excluding hydrogens is 380 g/mol. The molecule has 0 radical (unpaired) electrons. The molecule has 1 saturated heterocycles. The summed E-state index contributed by atoms with van der Waals surface area (Å²) >= 11 is 0. The molecule has 1 amide bonds. The first-order valence-corrected chi connectivity index (χ1v) is 8.96. The lowest BCUT2D eigenvalue weighted by molar-refractivity contribution is 0.102. The molecule has 9 nitrogen and oxygen atoms in total. The number of aryl methyl sites for hydroxylation is 2. The highest BCUT2D eigenvalue weighted by Crippen LogP contribution is 2.15. The minimum absolute atomic E-state index is 0. The molecule has 1 aliphatic rings. The van der Waals surface area contributed by atoms with Gasteiger partial charge in [-0.15, -0.1) is 22.6 Å². The van der Waals surface area contributed by atoms with Gasteiger partial charge >= 0.3 is 0 Å². The maximum Gasteiger partial charge on any atom is 0.277 e. The Balaban J connectivity index is 0.00000225. The summed E-state index contributed by atoms with van der Waals surface area (Å²) in [6, 6.07) is 4.05. The zero-order valence-electron chi connectivity index (χ0n) is 16.0. The molecule has 1 fully saturated rings. The molecule has 0 saturated carbocycles. The van der Waals surface area contributed by atoms with E-state index in [9.17, 15) is 4.79 Å². The minimum Gasteiger partial charge on any atom is -0.352 e. The van der Waals surface area contributed by atoms with Gasteiger partial charge in [0.15, 0.2) is 17.3 Å². The van der Waals surface area contributed by atoms with Crippen LogP contribution < -0.4 is 15.5 Å². The van der Waals surface area contributed by atoms with Gasteiger partial charge in [0.25, 0.3) is 5.91 Å². The van der Waals surface area contributed by atoms with Gasteiger partial charge in [0.05, 0.1) is 11.4 Å². The van der Waals surface area contributed by atoms with Crippen molar-refractivity contribution in [1.82, 2.24) is 29.9 Å². The second-order valence-corrected chi connectivity index (χ2v) is 6.86. The number of nitrogens with one attached hydrogen (secondary N) is 2. The van der Waals surface area contributed by atoms with E-state index in [2.05, 4.69) is 42.6 Å². The second-order valence-electron chi connectivity index (χ2n) is 6.86. The Labute approximate surface area is 169 Å². The Morgan fingerprint density at radius 1 is 1.21 bits per heavy atom. The van der Waals surface area contributed by atoms with Crippen molar-refractivity contribution in [2.24, 2.45) is 0 Å². The maximum atomic E-state index is 12.6. The van der Waals surface area contributed by atoms with Gasteiger partial charge < -0.3 is 19.9 Å². The highest BCUT2D eigenvalue weighted by molar-refractivity contribution is 6.02. The fourth-order valence-corrected chi connectivity index (χ4v) is 3.26. The van der Waals surface area contributed by atoms with Gasteiger partial charge in [0, 0.05) is 38.1 Å². The quantitative estimate of drug-likeness (QED) is 0.686. The number of carbonyl (C=O) groups is 1. The molecule has 28 heavy (non-hydrogen) atoms. The summed E-state index contributed by atoms with van der Waals surface area (Å²) in [6.45, 7) is 8.57. The van der Waals surface area contributed by atoms with Crippen LogP contribution in [0.5, 0.6) is 0 Å². The Hall–Kier alpha value is -2.78. The van der Waals surface area contributed by atoms with Gasteiger partial charge in [0.1, 0.15) is 5.69 Å². The summed E-state index contributed by atoms with van der Waals surface area (Å²) < 4.78 is 1.81. The fourth-order valence-electron chi connectivity index (χ4n) is 3.26. The topological polar surface area (TPSA) is 100 Å². The molecule has 1 aliphatic heterocycles. The number of hydrogen-bond acceptors (Lipinski definition) is 7. The summed E-state index contributed by atoms with van der Waals surface area (Å²) in [4.78, 5) is 23.5. The molecule has 3 aromatic heterocycles. The second kappa shape index (κ2) is 8.07. The van der Waals surface area contributed by atoms with E-state index in [4.69, 9.17) is 0 Å². The average molecular weight is 403 g/mol. The van der Waals surface area contributed by atoms with E-state index < -0.39 is 0 Å². The number of piperazine rings is 1. The van der Waals surface area contributed by atoms with Gasteiger partial charge in [-0.25, -0.2) is 9.97 Å². The molecule has 0 unspecified atom stereocenters. The van der Waals surface area contributed by atoms with Crippen LogP contribution in [-0.4, -0.2) is 56.1 Å². The van der Waals surface area contributed by atoms with Crippen molar-refractivity contribution in [3.05, 3.63) is 41.6 Å². The number of amides is 1. The molecule has 0 spiro atoms. The first-order valence-electron chi connectivity index (χ1n) is 8.96. The van der Waals surface area contributed by atoms with Gasteiger partial charge in [-0.3, -0.25) is 4.79 Å². The number of carbonyl (C=O) groups excluding carboxylic acids is 1. The minimum atomic E-state index is -0.329. The van der Waals surface area contributed by atoms with Crippen LogP contribution in [0.3, 0.4) is 0 Å². The van der Waals surface area contributed by atoms with Gasteiger partial charge in [-0.1, -0.05) is 0 Å². The fraction of sp³-hybridized carbons (Fsp3) is 0.389. The highest BCUT2D eigenvalue weighted by atomic mass is 35.5. The van der Waals surface area contributed by atoms with Crippen molar-refractivity contribution in [3.8, 4) is 0 Å². The number of fused-ring (bicyclic) bond motifs is 1. The number of nitrogens with zero attached hydrogens (tertiary/aromatic N) is 6. The third-order valence-corrected chi connectivity index (χ3v) is 4.54. The first-order chi connectivity index (χ1) is 13.0. The maximum absolute atomic E-state index is 12.6. The summed E-state index contributed by atoms with van der Waals surface area (Å²) in [5.74, 6) is 0.878. The van der Waals surface area contributed by atoms with E-state index in [-0.39, 0.29) is 18.3 Å². The predicted octanol–water partition coefficient (Wildman–Crippen LogP) is 1.61. The molecule has 0 aliphatic carbocycles. The zero-order valence-corrected chi connectivity index (χ0v) is 16.8. The molecule has 148 valence electrons. The highest BCUT2D eigenvalue weighted by Gasteiger charge is 2.18. The number of imidazole rings is 1. The Morgan fingerprint density at radius 2 is 2.04 bits per heavy atom. The first kappa shape index (κ1) is 20.0. The van der Waals surface area contributed by atoms with Crippen molar-refractivity contribution in [2.45, 2.75) is 26.8 Å². The van der Waals surface area contributed by atoms with Crippen molar-refractivity contribution >= 4 is 35.6 Å². The third kappa shape index (κ3) is 4.05. The van der Waals surface area contributed by atoms with Crippen LogP contribution >= 0.6 is 12.4 Å². The van der Waals surface area contributed by atoms with Crippen LogP contribution in [0.15, 0.2) is 24.5 Å². The number of aromatic nitrogens is 5. The number of halogens is 1. The van der Waals surface area contributed by atoms with Gasteiger partial charge in [0.2, 0.25) is 0 Å². The van der Waals surface area contributed by atoms with E-state index >= 15 is 0 Å². The van der Waals surface area contributed by atoms with Crippen molar-refractivity contribution in [1.29, 1.82) is 0 Å². The number of anilines is 2. The van der Waals surface area contributed by atoms with Crippen molar-refractivity contribution in [3.63, 3.8) is 0 Å². The normalized spacial score (nSPS) is 16.7. The lowest BCUT2D eigenvalue weighted by Gasteiger charge is -2.32. The van der Waals surface area contributed by atoms with E-state index in [1.165, 1.54) is 0 Å². The Morgan fingerprint density at radius 3 is 2.75 bits per heavy atom. The molecule has 3 aromatic rings. The smallest absolute Gasteiger partial charge is 0.277 e. The largest absolute Gasteiger partial charge is 0.352 e. The van der Waals surface area contributed by atoms with E-state index in [1.54, 1.807) is 12.3 Å². The molecule has 10 heteroatoms. The summed E-state index contributed by atoms with van der Waals surface area (Å²) in [5, 5.41) is 14.5.